The molecule has 1 N–H and O–H groups in total. The molecule has 19 heavy (non-hydrogen) atoms. The third-order valence-corrected chi connectivity index (χ3v) is 3.32. The van der Waals surface area contributed by atoms with Gasteiger partial charge in [-0.3, -0.25) is 4.98 Å². The number of aromatic nitrogens is 1. The highest BCUT2D eigenvalue weighted by molar-refractivity contribution is 5.21. The molecule has 0 fully saturated rings. The van der Waals surface area contributed by atoms with Gasteiger partial charge in [0.25, 0.3) is 0 Å². The molecule has 0 spiro atoms. The van der Waals surface area contributed by atoms with E-state index in [1.54, 1.807) is 6.20 Å². The number of halogens is 1. The normalized spacial score (nSPS) is 14.1. The van der Waals surface area contributed by atoms with Gasteiger partial charge in [-0.05, 0) is 42.7 Å². The molecular formula is C16H19FN2. The fourth-order valence-corrected chi connectivity index (χ4v) is 2.17. The zero-order valence-electron chi connectivity index (χ0n) is 11.3. The largest absolute Gasteiger partial charge is 0.303 e. The summed E-state index contributed by atoms with van der Waals surface area (Å²) >= 11 is 0. The summed E-state index contributed by atoms with van der Waals surface area (Å²) in [5, 5.41) is 3.56. The Morgan fingerprint density at radius 1 is 1.16 bits per heavy atom. The van der Waals surface area contributed by atoms with Crippen LogP contribution in [0.15, 0.2) is 48.8 Å². The van der Waals surface area contributed by atoms with Crippen molar-refractivity contribution in [3.05, 3.63) is 65.7 Å². The van der Waals surface area contributed by atoms with Gasteiger partial charge in [-0.1, -0.05) is 25.1 Å². The number of nitrogens with zero attached hydrogens (tertiary/aromatic N) is 1. The minimum absolute atomic E-state index is 0.195. The summed E-state index contributed by atoms with van der Waals surface area (Å²) < 4.78 is 13.0. The minimum atomic E-state index is -0.195. The lowest BCUT2D eigenvalue weighted by Crippen LogP contribution is -2.24. The lowest BCUT2D eigenvalue weighted by molar-refractivity contribution is 0.455. The van der Waals surface area contributed by atoms with Crippen LogP contribution in [0.2, 0.25) is 0 Å². The van der Waals surface area contributed by atoms with Crippen molar-refractivity contribution in [2.45, 2.75) is 32.4 Å². The summed E-state index contributed by atoms with van der Waals surface area (Å²) in [5.41, 5.74) is 2.27. The smallest absolute Gasteiger partial charge is 0.123 e. The molecule has 2 atom stereocenters. The summed E-state index contributed by atoms with van der Waals surface area (Å²) in [6.45, 7) is 4.24. The molecule has 3 heteroatoms. The Morgan fingerprint density at radius 2 is 1.89 bits per heavy atom. The lowest BCUT2D eigenvalue weighted by atomic mass is 10.0. The highest BCUT2D eigenvalue weighted by atomic mass is 19.1. The maximum Gasteiger partial charge on any atom is 0.123 e. The van der Waals surface area contributed by atoms with Crippen molar-refractivity contribution in [1.82, 2.24) is 10.3 Å². The van der Waals surface area contributed by atoms with E-state index < -0.39 is 0 Å². The molecule has 0 amide bonds. The lowest BCUT2D eigenvalue weighted by Gasteiger charge is -2.23. The molecule has 100 valence electrons. The number of hydrogen-bond donors (Lipinski definition) is 1. The van der Waals surface area contributed by atoms with Crippen LogP contribution < -0.4 is 5.32 Å². The number of benzene rings is 1. The molecule has 0 saturated carbocycles. The first-order valence-electron chi connectivity index (χ1n) is 6.62. The van der Waals surface area contributed by atoms with Crippen molar-refractivity contribution in [3.8, 4) is 0 Å². The first-order valence-corrected chi connectivity index (χ1v) is 6.62. The fourth-order valence-electron chi connectivity index (χ4n) is 2.17. The molecular weight excluding hydrogens is 239 g/mol. The molecule has 0 bridgehead atoms. The molecule has 2 aromatic rings. The van der Waals surface area contributed by atoms with Crippen molar-refractivity contribution in [2.75, 3.05) is 0 Å². The van der Waals surface area contributed by atoms with Gasteiger partial charge in [0.15, 0.2) is 0 Å². The van der Waals surface area contributed by atoms with Gasteiger partial charge in [0.1, 0.15) is 5.82 Å². The third-order valence-electron chi connectivity index (χ3n) is 3.32. The second-order valence-corrected chi connectivity index (χ2v) is 4.69. The molecule has 2 nitrogen and oxygen atoms in total. The van der Waals surface area contributed by atoms with Crippen molar-refractivity contribution in [2.24, 2.45) is 0 Å². The van der Waals surface area contributed by atoms with Crippen LogP contribution in [-0.4, -0.2) is 4.98 Å². The molecule has 1 heterocycles. The predicted molar refractivity (Wildman–Crippen MR) is 75.2 cm³/mol. The van der Waals surface area contributed by atoms with E-state index in [0.717, 1.165) is 17.5 Å². The highest BCUT2D eigenvalue weighted by Gasteiger charge is 2.13. The van der Waals surface area contributed by atoms with Crippen molar-refractivity contribution < 1.29 is 4.39 Å². The van der Waals surface area contributed by atoms with Gasteiger partial charge in [0.2, 0.25) is 0 Å². The molecule has 0 aliphatic rings. The Balaban J connectivity index is 2.09. The molecule has 0 radical (unpaired) electrons. The van der Waals surface area contributed by atoms with Crippen LogP contribution in [0.4, 0.5) is 4.39 Å². The Labute approximate surface area is 113 Å². The summed E-state index contributed by atoms with van der Waals surface area (Å²) in [7, 11) is 0. The fraction of sp³-hybridized carbons (Fsp3) is 0.312. The molecule has 1 aromatic carbocycles. The molecule has 1 unspecified atom stereocenters. The topological polar surface area (TPSA) is 24.9 Å². The second kappa shape index (κ2) is 6.43. The molecule has 2 rings (SSSR count). The van der Waals surface area contributed by atoms with Crippen molar-refractivity contribution in [3.63, 3.8) is 0 Å². The van der Waals surface area contributed by atoms with Crippen LogP contribution in [0.1, 0.15) is 43.5 Å². The number of rotatable bonds is 5. The van der Waals surface area contributed by atoms with Gasteiger partial charge in [-0.25, -0.2) is 4.39 Å². The Kier molecular flexibility index (Phi) is 4.63. The number of nitrogens with one attached hydrogen (secondary N) is 1. The van der Waals surface area contributed by atoms with Gasteiger partial charge < -0.3 is 5.32 Å². The van der Waals surface area contributed by atoms with Gasteiger partial charge in [-0.15, -0.1) is 0 Å². The van der Waals surface area contributed by atoms with Crippen LogP contribution in [0.25, 0.3) is 0 Å². The van der Waals surface area contributed by atoms with Crippen LogP contribution in [0.3, 0.4) is 0 Å². The zero-order valence-corrected chi connectivity index (χ0v) is 11.3. The maximum atomic E-state index is 13.0. The van der Waals surface area contributed by atoms with Crippen molar-refractivity contribution in [1.29, 1.82) is 0 Å². The van der Waals surface area contributed by atoms with Crippen LogP contribution in [0.5, 0.6) is 0 Å². The summed E-state index contributed by atoms with van der Waals surface area (Å²) in [6.07, 6.45) is 4.60. The molecule has 0 aliphatic heterocycles. The number of hydrogen-bond acceptors (Lipinski definition) is 2. The van der Waals surface area contributed by atoms with E-state index in [9.17, 15) is 4.39 Å². The van der Waals surface area contributed by atoms with Crippen molar-refractivity contribution >= 4 is 0 Å². The minimum Gasteiger partial charge on any atom is -0.303 e. The molecule has 1 aromatic heterocycles. The molecule has 0 saturated heterocycles. The summed E-state index contributed by atoms with van der Waals surface area (Å²) in [4.78, 5) is 4.13. The van der Waals surface area contributed by atoms with Crippen LogP contribution >= 0.6 is 0 Å². The Morgan fingerprint density at radius 3 is 2.47 bits per heavy atom. The van der Waals surface area contributed by atoms with E-state index in [4.69, 9.17) is 0 Å². The quantitative estimate of drug-likeness (QED) is 0.876. The maximum absolute atomic E-state index is 13.0. The monoisotopic (exact) mass is 258 g/mol. The van der Waals surface area contributed by atoms with E-state index in [1.165, 1.54) is 12.1 Å². The first-order chi connectivity index (χ1) is 9.20. The summed E-state index contributed by atoms with van der Waals surface area (Å²) in [5.74, 6) is -0.195. The predicted octanol–water partition coefficient (Wildman–Crippen LogP) is 4.02. The van der Waals surface area contributed by atoms with Gasteiger partial charge in [0, 0.05) is 24.5 Å². The van der Waals surface area contributed by atoms with Gasteiger partial charge in [-0.2, -0.15) is 0 Å². The van der Waals surface area contributed by atoms with E-state index in [-0.39, 0.29) is 17.9 Å². The zero-order chi connectivity index (χ0) is 13.7. The Hall–Kier alpha value is -1.74. The van der Waals surface area contributed by atoms with E-state index in [0.29, 0.717) is 0 Å². The Bertz CT molecular complexity index is 496. The summed E-state index contributed by atoms with van der Waals surface area (Å²) in [6, 6.07) is 11.1. The van der Waals surface area contributed by atoms with E-state index in [2.05, 4.69) is 30.2 Å². The SMILES string of the molecule is CCC(N[C@@H](C)c1cccnc1)c1ccc(F)cc1. The second-order valence-electron chi connectivity index (χ2n) is 4.69. The van der Waals surface area contributed by atoms with Crippen LogP contribution in [0, 0.1) is 5.82 Å². The third kappa shape index (κ3) is 3.61. The standard InChI is InChI=1S/C16H19FN2/c1-3-16(13-6-8-15(17)9-7-13)19-12(2)14-5-4-10-18-11-14/h4-12,16,19H,3H2,1-2H3/t12-,16?/m0/s1. The number of pyridine rings is 1. The average Bonchev–Trinajstić information content (AvgIpc) is 2.46. The van der Waals surface area contributed by atoms with Crippen LogP contribution in [-0.2, 0) is 0 Å². The highest BCUT2D eigenvalue weighted by Crippen LogP contribution is 2.21. The van der Waals surface area contributed by atoms with Gasteiger partial charge in [0.05, 0.1) is 0 Å². The molecule has 0 aliphatic carbocycles. The first kappa shape index (κ1) is 13.7. The average molecular weight is 258 g/mol. The van der Waals surface area contributed by atoms with E-state index in [1.807, 2.05) is 24.4 Å². The van der Waals surface area contributed by atoms with E-state index >= 15 is 0 Å². The van der Waals surface area contributed by atoms with Gasteiger partial charge >= 0.3 is 0 Å².